The van der Waals surface area contributed by atoms with E-state index in [-0.39, 0.29) is 30.3 Å². The molecule has 0 saturated heterocycles. The Kier molecular flexibility index (Phi) is 7.02. The van der Waals surface area contributed by atoms with E-state index in [1.807, 2.05) is 12.1 Å². The maximum Gasteiger partial charge on any atom is 0.223 e. The third-order valence-corrected chi connectivity index (χ3v) is 4.74. The Morgan fingerprint density at radius 3 is 2.88 bits per heavy atom. The number of hydrogen-bond donors (Lipinski definition) is 2. The van der Waals surface area contributed by atoms with Gasteiger partial charge in [0.2, 0.25) is 5.91 Å². The molecule has 0 radical (unpaired) electrons. The maximum absolute atomic E-state index is 12.2. The standard InChI is InChI=1S/C17H23ClN2O3.ClH/c18-14-8-11(9-15-16(14)23-7-6-22-15)4-5-20-17(21)12-2-1-3-13(19)10-12;/h8-9,12-13H,1-7,10,19H2,(H,20,21);1H. The summed E-state index contributed by atoms with van der Waals surface area (Å²) in [4.78, 5) is 12.2. The predicted octanol–water partition coefficient (Wildman–Crippen LogP) is 2.71. The maximum atomic E-state index is 12.2. The van der Waals surface area contributed by atoms with E-state index < -0.39 is 0 Å². The van der Waals surface area contributed by atoms with Crippen LogP contribution in [0.5, 0.6) is 11.5 Å². The Morgan fingerprint density at radius 2 is 2.08 bits per heavy atom. The highest BCUT2D eigenvalue weighted by Crippen LogP contribution is 2.38. The Labute approximate surface area is 153 Å². The van der Waals surface area contributed by atoms with Gasteiger partial charge in [0.1, 0.15) is 13.2 Å². The molecule has 1 amide bonds. The van der Waals surface area contributed by atoms with Gasteiger partial charge in [-0.2, -0.15) is 0 Å². The molecule has 1 saturated carbocycles. The molecule has 134 valence electrons. The molecule has 2 atom stereocenters. The highest BCUT2D eigenvalue weighted by atomic mass is 35.5. The van der Waals surface area contributed by atoms with Crippen LogP contribution in [0, 0.1) is 5.92 Å². The van der Waals surface area contributed by atoms with Gasteiger partial charge < -0.3 is 20.5 Å². The van der Waals surface area contributed by atoms with Crippen LogP contribution in [0.3, 0.4) is 0 Å². The van der Waals surface area contributed by atoms with Gasteiger partial charge in [-0.1, -0.05) is 18.0 Å². The Bertz CT molecular complexity index is 583. The van der Waals surface area contributed by atoms with Gasteiger partial charge in [0.25, 0.3) is 0 Å². The summed E-state index contributed by atoms with van der Waals surface area (Å²) < 4.78 is 11.1. The molecule has 1 aromatic rings. The molecule has 1 aromatic carbocycles. The van der Waals surface area contributed by atoms with E-state index in [0.29, 0.717) is 42.7 Å². The number of rotatable bonds is 4. The molecule has 1 aliphatic heterocycles. The average molecular weight is 375 g/mol. The molecule has 0 aromatic heterocycles. The summed E-state index contributed by atoms with van der Waals surface area (Å²) in [6.07, 6.45) is 4.51. The molecule has 3 N–H and O–H groups in total. The molecular formula is C17H24Cl2N2O3. The Balaban J connectivity index is 0.00000208. The third-order valence-electron chi connectivity index (χ3n) is 4.46. The van der Waals surface area contributed by atoms with E-state index in [0.717, 1.165) is 31.2 Å². The van der Waals surface area contributed by atoms with E-state index in [1.165, 1.54) is 0 Å². The average Bonchev–Trinajstić information content (AvgIpc) is 2.55. The molecule has 24 heavy (non-hydrogen) atoms. The van der Waals surface area contributed by atoms with E-state index in [9.17, 15) is 4.79 Å². The second-order valence-electron chi connectivity index (χ2n) is 6.27. The summed E-state index contributed by atoms with van der Waals surface area (Å²) in [6, 6.07) is 3.97. The fourth-order valence-corrected chi connectivity index (χ4v) is 3.54. The number of halogens is 2. The zero-order chi connectivity index (χ0) is 16.2. The second-order valence-corrected chi connectivity index (χ2v) is 6.67. The van der Waals surface area contributed by atoms with Crippen LogP contribution in [0.15, 0.2) is 12.1 Å². The normalized spacial score (nSPS) is 22.4. The molecule has 2 aliphatic rings. The lowest BCUT2D eigenvalue weighted by molar-refractivity contribution is -0.126. The highest BCUT2D eigenvalue weighted by molar-refractivity contribution is 6.32. The first-order chi connectivity index (χ1) is 11.1. The van der Waals surface area contributed by atoms with Crippen molar-refractivity contribution >= 4 is 29.9 Å². The van der Waals surface area contributed by atoms with Crippen molar-refractivity contribution in [2.75, 3.05) is 19.8 Å². The summed E-state index contributed by atoms with van der Waals surface area (Å²) in [5.74, 6) is 1.47. The van der Waals surface area contributed by atoms with Gasteiger partial charge in [-0.15, -0.1) is 12.4 Å². The van der Waals surface area contributed by atoms with Crippen LogP contribution in [0.1, 0.15) is 31.2 Å². The van der Waals surface area contributed by atoms with Crippen molar-refractivity contribution in [3.63, 3.8) is 0 Å². The topological polar surface area (TPSA) is 73.6 Å². The number of carbonyl (C=O) groups excluding carboxylic acids is 1. The molecule has 2 unspecified atom stereocenters. The minimum Gasteiger partial charge on any atom is -0.486 e. The van der Waals surface area contributed by atoms with Crippen molar-refractivity contribution < 1.29 is 14.3 Å². The molecule has 1 fully saturated rings. The number of nitrogens with one attached hydrogen (secondary N) is 1. The smallest absolute Gasteiger partial charge is 0.223 e. The Hall–Kier alpha value is -1.17. The number of amides is 1. The second kappa shape index (κ2) is 8.79. The summed E-state index contributed by atoms with van der Waals surface area (Å²) in [7, 11) is 0. The van der Waals surface area contributed by atoms with Crippen molar-refractivity contribution in [1.82, 2.24) is 5.32 Å². The first-order valence-electron chi connectivity index (χ1n) is 8.25. The highest BCUT2D eigenvalue weighted by Gasteiger charge is 2.25. The van der Waals surface area contributed by atoms with Crippen LogP contribution in [-0.4, -0.2) is 31.7 Å². The van der Waals surface area contributed by atoms with Crippen molar-refractivity contribution in [2.45, 2.75) is 38.1 Å². The van der Waals surface area contributed by atoms with Gasteiger partial charge in [0.05, 0.1) is 5.02 Å². The van der Waals surface area contributed by atoms with Gasteiger partial charge in [-0.25, -0.2) is 0 Å². The van der Waals surface area contributed by atoms with Crippen LogP contribution in [-0.2, 0) is 11.2 Å². The molecule has 1 aliphatic carbocycles. The van der Waals surface area contributed by atoms with Crippen LogP contribution >= 0.6 is 24.0 Å². The SMILES string of the molecule is Cl.NC1CCCC(C(=O)NCCc2cc(Cl)c3c(c2)OCCO3)C1. The van der Waals surface area contributed by atoms with Crippen molar-refractivity contribution in [3.8, 4) is 11.5 Å². The Morgan fingerprint density at radius 1 is 1.29 bits per heavy atom. The van der Waals surface area contributed by atoms with Crippen LogP contribution in [0.4, 0.5) is 0 Å². The fourth-order valence-electron chi connectivity index (χ4n) is 3.25. The van der Waals surface area contributed by atoms with Crippen molar-refractivity contribution in [3.05, 3.63) is 22.7 Å². The molecule has 3 rings (SSSR count). The number of nitrogens with two attached hydrogens (primary N) is 1. The molecule has 5 nitrogen and oxygen atoms in total. The number of hydrogen-bond acceptors (Lipinski definition) is 4. The predicted molar refractivity (Wildman–Crippen MR) is 96.3 cm³/mol. The zero-order valence-electron chi connectivity index (χ0n) is 13.6. The van der Waals surface area contributed by atoms with Crippen molar-refractivity contribution in [2.24, 2.45) is 11.7 Å². The van der Waals surface area contributed by atoms with E-state index in [4.69, 9.17) is 26.8 Å². The van der Waals surface area contributed by atoms with Gasteiger partial charge in [0.15, 0.2) is 11.5 Å². The summed E-state index contributed by atoms with van der Waals surface area (Å²) in [5.41, 5.74) is 6.97. The third kappa shape index (κ3) is 4.68. The molecule has 0 spiro atoms. The lowest BCUT2D eigenvalue weighted by atomic mass is 9.85. The molecule has 1 heterocycles. The quantitative estimate of drug-likeness (QED) is 0.849. The van der Waals surface area contributed by atoms with Gasteiger partial charge in [0, 0.05) is 18.5 Å². The minimum atomic E-state index is 0. The van der Waals surface area contributed by atoms with E-state index in [2.05, 4.69) is 5.32 Å². The van der Waals surface area contributed by atoms with Gasteiger partial charge >= 0.3 is 0 Å². The number of benzene rings is 1. The van der Waals surface area contributed by atoms with E-state index in [1.54, 1.807) is 0 Å². The monoisotopic (exact) mass is 374 g/mol. The number of ether oxygens (including phenoxy) is 2. The van der Waals surface area contributed by atoms with Gasteiger partial charge in [-0.3, -0.25) is 4.79 Å². The van der Waals surface area contributed by atoms with Gasteiger partial charge in [-0.05, 0) is 43.4 Å². The molecule has 7 heteroatoms. The number of carbonyl (C=O) groups is 1. The largest absolute Gasteiger partial charge is 0.486 e. The summed E-state index contributed by atoms with van der Waals surface area (Å²) in [6.45, 7) is 1.64. The summed E-state index contributed by atoms with van der Waals surface area (Å²) >= 11 is 6.22. The van der Waals surface area contributed by atoms with Crippen LogP contribution < -0.4 is 20.5 Å². The van der Waals surface area contributed by atoms with Crippen LogP contribution in [0.2, 0.25) is 5.02 Å². The minimum absolute atomic E-state index is 0. The molecular weight excluding hydrogens is 351 g/mol. The first-order valence-corrected chi connectivity index (χ1v) is 8.62. The number of fused-ring (bicyclic) bond motifs is 1. The lowest BCUT2D eigenvalue weighted by Crippen LogP contribution is -2.38. The first kappa shape index (κ1) is 19.2. The lowest BCUT2D eigenvalue weighted by Gasteiger charge is -2.25. The zero-order valence-corrected chi connectivity index (χ0v) is 15.1. The van der Waals surface area contributed by atoms with E-state index >= 15 is 0 Å². The fraction of sp³-hybridized carbons (Fsp3) is 0.588. The van der Waals surface area contributed by atoms with Crippen LogP contribution in [0.25, 0.3) is 0 Å². The summed E-state index contributed by atoms with van der Waals surface area (Å²) in [5, 5.41) is 3.57. The molecule has 0 bridgehead atoms. The van der Waals surface area contributed by atoms with Crippen molar-refractivity contribution in [1.29, 1.82) is 0 Å².